The molecule has 0 radical (unpaired) electrons. The summed E-state index contributed by atoms with van der Waals surface area (Å²) in [6, 6.07) is 8.36. The summed E-state index contributed by atoms with van der Waals surface area (Å²) in [6.07, 6.45) is 4.23. The summed E-state index contributed by atoms with van der Waals surface area (Å²) in [5.41, 5.74) is 2.23. The van der Waals surface area contributed by atoms with Gasteiger partial charge in [-0.05, 0) is 38.0 Å². The first kappa shape index (κ1) is 14.5. The molecular weight excluding hydrogens is 252 g/mol. The Kier molecular flexibility index (Phi) is 4.74. The minimum atomic E-state index is -0.0919. The van der Waals surface area contributed by atoms with Crippen LogP contribution in [0.1, 0.15) is 25.8 Å². The van der Waals surface area contributed by atoms with Crippen LogP contribution in [0.15, 0.2) is 36.9 Å². The van der Waals surface area contributed by atoms with Crippen LogP contribution in [0.3, 0.4) is 0 Å². The monoisotopic (exact) mass is 274 g/mol. The molecule has 20 heavy (non-hydrogen) atoms. The van der Waals surface area contributed by atoms with Crippen LogP contribution in [0.25, 0.3) is 0 Å². The number of hydrogen-bond acceptors (Lipinski definition) is 4. The smallest absolute Gasteiger partial charge is 0.137 e. The first-order valence-electron chi connectivity index (χ1n) is 6.79. The molecule has 0 aliphatic carbocycles. The van der Waals surface area contributed by atoms with Crippen molar-refractivity contribution in [2.45, 2.75) is 32.4 Å². The zero-order chi connectivity index (χ0) is 14.4. The number of nitrogens with one attached hydrogen (secondary N) is 1. The maximum absolute atomic E-state index is 5.41. The number of aromatic nitrogens is 3. The van der Waals surface area contributed by atoms with E-state index < -0.39 is 0 Å². The third kappa shape index (κ3) is 4.35. The van der Waals surface area contributed by atoms with E-state index in [1.165, 1.54) is 5.56 Å². The fourth-order valence-corrected chi connectivity index (χ4v) is 1.89. The molecule has 108 valence electrons. The highest BCUT2D eigenvalue weighted by Crippen LogP contribution is 2.15. The first-order valence-corrected chi connectivity index (χ1v) is 6.79. The van der Waals surface area contributed by atoms with Gasteiger partial charge < -0.3 is 10.1 Å². The van der Waals surface area contributed by atoms with E-state index in [-0.39, 0.29) is 5.60 Å². The average Bonchev–Trinajstić information content (AvgIpc) is 2.92. The van der Waals surface area contributed by atoms with Gasteiger partial charge in [0.05, 0.1) is 12.1 Å². The van der Waals surface area contributed by atoms with Gasteiger partial charge in [0.25, 0.3) is 0 Å². The Morgan fingerprint density at radius 3 is 2.90 bits per heavy atom. The van der Waals surface area contributed by atoms with Gasteiger partial charge in [0, 0.05) is 19.3 Å². The van der Waals surface area contributed by atoms with E-state index in [0.29, 0.717) is 0 Å². The van der Waals surface area contributed by atoms with Crippen molar-refractivity contribution in [2.75, 3.05) is 19.0 Å². The molecule has 0 unspecified atom stereocenters. The lowest BCUT2D eigenvalue weighted by molar-refractivity contribution is 0.0185. The van der Waals surface area contributed by atoms with Crippen molar-refractivity contribution < 1.29 is 4.74 Å². The molecule has 5 nitrogen and oxygen atoms in total. The summed E-state index contributed by atoms with van der Waals surface area (Å²) in [5.74, 6) is 0. The molecule has 0 amide bonds. The van der Waals surface area contributed by atoms with Crippen molar-refractivity contribution in [2.24, 2.45) is 0 Å². The van der Waals surface area contributed by atoms with Crippen LogP contribution >= 0.6 is 0 Å². The van der Waals surface area contributed by atoms with Crippen LogP contribution in [0.4, 0.5) is 5.69 Å². The molecule has 0 bridgehead atoms. The average molecular weight is 274 g/mol. The van der Waals surface area contributed by atoms with Crippen LogP contribution in [-0.2, 0) is 11.3 Å². The second-order valence-electron chi connectivity index (χ2n) is 5.43. The van der Waals surface area contributed by atoms with E-state index >= 15 is 0 Å². The molecular formula is C15H22N4O. The minimum Gasteiger partial charge on any atom is -0.385 e. The third-order valence-electron chi connectivity index (χ3n) is 3.35. The SMILES string of the molecule is COC(C)(C)CCNc1cccc(Cn2cncn2)c1. The van der Waals surface area contributed by atoms with Crippen molar-refractivity contribution in [1.82, 2.24) is 14.8 Å². The number of anilines is 1. The standard InChI is InChI=1S/C15H22N4O/c1-15(2,20-3)7-8-17-14-6-4-5-13(9-14)10-19-12-16-11-18-19/h4-6,9,11-12,17H,7-8,10H2,1-3H3. The van der Waals surface area contributed by atoms with E-state index in [2.05, 4.69) is 53.5 Å². The van der Waals surface area contributed by atoms with Gasteiger partial charge in [-0.2, -0.15) is 5.10 Å². The van der Waals surface area contributed by atoms with Gasteiger partial charge in [-0.25, -0.2) is 9.67 Å². The Labute approximate surface area is 120 Å². The predicted octanol–water partition coefficient (Wildman–Crippen LogP) is 2.55. The van der Waals surface area contributed by atoms with Crippen LogP contribution in [0, 0.1) is 0 Å². The summed E-state index contributed by atoms with van der Waals surface area (Å²) in [6.45, 7) is 5.80. The highest BCUT2D eigenvalue weighted by atomic mass is 16.5. The lowest BCUT2D eigenvalue weighted by Gasteiger charge is -2.23. The molecule has 0 fully saturated rings. The summed E-state index contributed by atoms with van der Waals surface area (Å²) in [5, 5.41) is 7.55. The molecule has 2 rings (SSSR count). The van der Waals surface area contributed by atoms with Gasteiger partial charge in [0.1, 0.15) is 12.7 Å². The molecule has 0 spiro atoms. The molecule has 5 heteroatoms. The molecule has 1 heterocycles. The Balaban J connectivity index is 1.89. The highest BCUT2D eigenvalue weighted by Gasteiger charge is 2.15. The lowest BCUT2D eigenvalue weighted by atomic mass is 10.1. The topological polar surface area (TPSA) is 52.0 Å². The zero-order valence-corrected chi connectivity index (χ0v) is 12.3. The first-order chi connectivity index (χ1) is 9.59. The van der Waals surface area contributed by atoms with E-state index in [4.69, 9.17) is 4.74 Å². The van der Waals surface area contributed by atoms with Gasteiger partial charge in [-0.1, -0.05) is 12.1 Å². The number of hydrogen-bond donors (Lipinski definition) is 1. The number of rotatable bonds is 7. The van der Waals surface area contributed by atoms with Crippen LogP contribution in [0.2, 0.25) is 0 Å². The molecule has 0 aliphatic rings. The predicted molar refractivity (Wildman–Crippen MR) is 79.8 cm³/mol. The highest BCUT2D eigenvalue weighted by molar-refractivity contribution is 5.45. The van der Waals surface area contributed by atoms with Crippen LogP contribution in [-0.4, -0.2) is 34.0 Å². The zero-order valence-electron chi connectivity index (χ0n) is 12.3. The summed E-state index contributed by atoms with van der Waals surface area (Å²) < 4.78 is 7.22. The second-order valence-corrected chi connectivity index (χ2v) is 5.43. The molecule has 1 aromatic carbocycles. The molecule has 0 saturated carbocycles. The van der Waals surface area contributed by atoms with Crippen LogP contribution < -0.4 is 5.32 Å². The van der Waals surface area contributed by atoms with E-state index in [9.17, 15) is 0 Å². The van der Waals surface area contributed by atoms with Gasteiger partial charge in [-0.15, -0.1) is 0 Å². The fourth-order valence-electron chi connectivity index (χ4n) is 1.89. The van der Waals surface area contributed by atoms with Crippen molar-refractivity contribution in [3.8, 4) is 0 Å². The van der Waals surface area contributed by atoms with Gasteiger partial charge in [0.2, 0.25) is 0 Å². The molecule has 1 N–H and O–H groups in total. The molecule has 1 aromatic heterocycles. The number of nitrogens with zero attached hydrogens (tertiary/aromatic N) is 3. The second kappa shape index (κ2) is 6.52. The number of methoxy groups -OCH3 is 1. The summed E-state index contributed by atoms with van der Waals surface area (Å²) in [7, 11) is 1.75. The largest absolute Gasteiger partial charge is 0.385 e. The Morgan fingerprint density at radius 2 is 2.20 bits per heavy atom. The fraction of sp³-hybridized carbons (Fsp3) is 0.467. The summed E-state index contributed by atoms with van der Waals surface area (Å²) in [4.78, 5) is 3.95. The van der Waals surface area contributed by atoms with Gasteiger partial charge >= 0.3 is 0 Å². The lowest BCUT2D eigenvalue weighted by Crippen LogP contribution is -2.25. The Bertz CT molecular complexity index is 522. The van der Waals surface area contributed by atoms with Crippen LogP contribution in [0.5, 0.6) is 0 Å². The quantitative estimate of drug-likeness (QED) is 0.843. The van der Waals surface area contributed by atoms with Crippen molar-refractivity contribution in [1.29, 1.82) is 0 Å². The number of benzene rings is 1. The van der Waals surface area contributed by atoms with Crippen molar-refractivity contribution >= 4 is 5.69 Å². The van der Waals surface area contributed by atoms with Gasteiger partial charge in [0.15, 0.2) is 0 Å². The van der Waals surface area contributed by atoms with Crippen molar-refractivity contribution in [3.63, 3.8) is 0 Å². The van der Waals surface area contributed by atoms with E-state index in [0.717, 1.165) is 25.2 Å². The minimum absolute atomic E-state index is 0.0919. The summed E-state index contributed by atoms with van der Waals surface area (Å²) >= 11 is 0. The maximum Gasteiger partial charge on any atom is 0.137 e. The Hall–Kier alpha value is -1.88. The maximum atomic E-state index is 5.41. The van der Waals surface area contributed by atoms with E-state index in [1.807, 2.05) is 4.68 Å². The van der Waals surface area contributed by atoms with Gasteiger partial charge in [-0.3, -0.25) is 0 Å². The molecule has 0 saturated heterocycles. The number of ether oxygens (including phenoxy) is 1. The molecule has 2 aromatic rings. The molecule has 0 aliphatic heterocycles. The Morgan fingerprint density at radius 1 is 1.35 bits per heavy atom. The van der Waals surface area contributed by atoms with E-state index in [1.54, 1.807) is 19.8 Å². The third-order valence-corrected chi connectivity index (χ3v) is 3.35. The van der Waals surface area contributed by atoms with Crippen molar-refractivity contribution in [3.05, 3.63) is 42.5 Å². The normalized spacial score (nSPS) is 11.6. The molecule has 0 atom stereocenters.